The van der Waals surface area contributed by atoms with E-state index in [0.29, 0.717) is 18.9 Å². The predicted octanol–water partition coefficient (Wildman–Crippen LogP) is 0.906. The number of aromatic nitrogens is 3. The van der Waals surface area contributed by atoms with E-state index in [-0.39, 0.29) is 5.69 Å². The van der Waals surface area contributed by atoms with Crippen LogP contribution >= 0.6 is 0 Å². The number of anilines is 1. The van der Waals surface area contributed by atoms with Gasteiger partial charge < -0.3 is 14.6 Å². The number of pyridine rings is 1. The van der Waals surface area contributed by atoms with Crippen LogP contribution in [0, 0.1) is 0 Å². The Balaban J connectivity index is 1.91. The minimum atomic E-state index is -0.462. The number of nitrogens with zero attached hydrogens (tertiary/aromatic N) is 3. The first-order valence-electron chi connectivity index (χ1n) is 5.33. The maximum Gasteiger partial charge on any atom is 0.356 e. The molecule has 0 spiro atoms. The molecule has 0 aliphatic rings. The molecule has 0 aliphatic carbocycles. The Hall–Kier alpha value is -2.44. The molecule has 2 aromatic rings. The topological polar surface area (TPSA) is 90.1 Å². The Bertz CT molecular complexity index is 513. The molecule has 18 heavy (non-hydrogen) atoms. The molecule has 7 heteroatoms. The fourth-order valence-corrected chi connectivity index (χ4v) is 1.38. The van der Waals surface area contributed by atoms with Gasteiger partial charge in [-0.1, -0.05) is 5.16 Å². The van der Waals surface area contributed by atoms with Crippen LogP contribution in [0.3, 0.4) is 0 Å². The van der Waals surface area contributed by atoms with Crippen molar-refractivity contribution in [3.05, 3.63) is 36.2 Å². The van der Waals surface area contributed by atoms with Crippen LogP contribution < -0.4 is 5.32 Å². The second-order valence-corrected chi connectivity index (χ2v) is 3.43. The van der Waals surface area contributed by atoms with Gasteiger partial charge in [0.2, 0.25) is 5.89 Å². The lowest BCUT2D eigenvalue weighted by atomic mass is 10.3. The van der Waals surface area contributed by atoms with Gasteiger partial charge in [0.1, 0.15) is 5.69 Å². The van der Waals surface area contributed by atoms with Crippen molar-refractivity contribution in [2.75, 3.05) is 19.0 Å². The molecule has 2 aromatic heterocycles. The number of carbonyl (C=O) groups is 1. The number of hydrogen-bond acceptors (Lipinski definition) is 7. The predicted molar refractivity (Wildman–Crippen MR) is 62.1 cm³/mol. The lowest BCUT2D eigenvalue weighted by Gasteiger charge is -2.05. The van der Waals surface area contributed by atoms with Gasteiger partial charge in [0, 0.05) is 24.8 Å². The molecular weight excluding hydrogens is 236 g/mol. The van der Waals surface area contributed by atoms with Crippen LogP contribution in [0.25, 0.3) is 0 Å². The summed E-state index contributed by atoms with van der Waals surface area (Å²) in [5.74, 6) is 0.0975. The highest BCUT2D eigenvalue weighted by Gasteiger charge is 2.07. The molecule has 0 amide bonds. The Morgan fingerprint density at radius 1 is 1.50 bits per heavy atom. The van der Waals surface area contributed by atoms with E-state index in [4.69, 9.17) is 4.52 Å². The lowest BCUT2D eigenvalue weighted by molar-refractivity contribution is 0.0594. The third-order valence-corrected chi connectivity index (χ3v) is 2.23. The molecule has 1 N–H and O–H groups in total. The average molecular weight is 248 g/mol. The average Bonchev–Trinajstić information content (AvgIpc) is 2.91. The van der Waals surface area contributed by atoms with Crippen LogP contribution in [0.2, 0.25) is 0 Å². The number of nitrogens with one attached hydrogen (secondary N) is 1. The fraction of sp³-hybridized carbons (Fsp3) is 0.273. The Labute approximate surface area is 103 Å². The van der Waals surface area contributed by atoms with Gasteiger partial charge in [0.25, 0.3) is 0 Å². The fourth-order valence-electron chi connectivity index (χ4n) is 1.38. The van der Waals surface area contributed by atoms with Crippen molar-refractivity contribution >= 4 is 11.7 Å². The van der Waals surface area contributed by atoms with Crippen molar-refractivity contribution in [1.82, 2.24) is 15.1 Å². The molecule has 0 aromatic carbocycles. The zero-order valence-corrected chi connectivity index (χ0v) is 9.79. The molecule has 94 valence electrons. The van der Waals surface area contributed by atoms with E-state index >= 15 is 0 Å². The van der Waals surface area contributed by atoms with Crippen LogP contribution in [0.15, 0.2) is 29.2 Å². The highest BCUT2D eigenvalue weighted by molar-refractivity contribution is 5.88. The highest BCUT2D eigenvalue weighted by Crippen LogP contribution is 2.08. The highest BCUT2D eigenvalue weighted by atomic mass is 16.5. The van der Waals surface area contributed by atoms with Gasteiger partial charge in [-0.2, -0.15) is 4.98 Å². The van der Waals surface area contributed by atoms with Crippen molar-refractivity contribution in [3.63, 3.8) is 0 Å². The van der Waals surface area contributed by atoms with E-state index < -0.39 is 5.97 Å². The van der Waals surface area contributed by atoms with E-state index in [1.807, 2.05) is 0 Å². The van der Waals surface area contributed by atoms with Gasteiger partial charge in [0.15, 0.2) is 6.33 Å². The molecule has 0 saturated heterocycles. The zero-order valence-electron chi connectivity index (χ0n) is 9.79. The molecule has 0 bridgehead atoms. The first-order chi connectivity index (χ1) is 8.79. The van der Waals surface area contributed by atoms with Crippen molar-refractivity contribution in [1.29, 1.82) is 0 Å². The minimum absolute atomic E-state index is 0.264. The van der Waals surface area contributed by atoms with Gasteiger partial charge in [0.05, 0.1) is 7.11 Å². The normalized spacial score (nSPS) is 10.1. The number of rotatable bonds is 5. The third kappa shape index (κ3) is 3.03. The van der Waals surface area contributed by atoms with Crippen molar-refractivity contribution in [2.45, 2.75) is 6.42 Å². The quantitative estimate of drug-likeness (QED) is 0.786. The molecule has 7 nitrogen and oxygen atoms in total. The Kier molecular flexibility index (Phi) is 3.85. The summed E-state index contributed by atoms with van der Waals surface area (Å²) in [7, 11) is 1.32. The zero-order chi connectivity index (χ0) is 12.8. The maximum absolute atomic E-state index is 11.3. The summed E-state index contributed by atoms with van der Waals surface area (Å²) in [5.41, 5.74) is 1.05. The van der Waals surface area contributed by atoms with Crippen LogP contribution in [-0.4, -0.2) is 34.7 Å². The van der Waals surface area contributed by atoms with E-state index in [0.717, 1.165) is 5.69 Å². The summed E-state index contributed by atoms with van der Waals surface area (Å²) < 4.78 is 9.46. The number of hydrogen-bond donors (Lipinski definition) is 1. The van der Waals surface area contributed by atoms with Crippen LogP contribution in [-0.2, 0) is 11.2 Å². The van der Waals surface area contributed by atoms with Gasteiger partial charge in [-0.25, -0.2) is 9.78 Å². The van der Waals surface area contributed by atoms with E-state index in [1.165, 1.54) is 13.4 Å². The molecule has 2 rings (SSSR count). The number of esters is 1. The first kappa shape index (κ1) is 12.0. The number of carbonyl (C=O) groups excluding carboxylic acids is 1. The molecule has 0 fully saturated rings. The SMILES string of the molecule is COC(=O)c1cc(NCCc2ncno2)ccn1. The van der Waals surface area contributed by atoms with Gasteiger partial charge in [-0.3, -0.25) is 0 Å². The molecule has 0 aliphatic heterocycles. The Morgan fingerprint density at radius 2 is 2.39 bits per heavy atom. The summed E-state index contributed by atoms with van der Waals surface area (Å²) in [6, 6.07) is 3.39. The lowest BCUT2D eigenvalue weighted by Crippen LogP contribution is -2.08. The van der Waals surface area contributed by atoms with E-state index in [9.17, 15) is 4.79 Å². The van der Waals surface area contributed by atoms with Crippen LogP contribution in [0.5, 0.6) is 0 Å². The smallest absolute Gasteiger partial charge is 0.356 e. The number of methoxy groups -OCH3 is 1. The standard InChI is InChI=1S/C11H12N4O3/c1-17-11(16)9-6-8(2-4-13-9)12-5-3-10-14-7-15-18-10/h2,4,6-7H,3,5H2,1H3,(H,12,13). The molecule has 2 heterocycles. The molecule has 0 saturated carbocycles. The second kappa shape index (κ2) is 5.76. The molecular formula is C11H12N4O3. The molecule has 0 atom stereocenters. The van der Waals surface area contributed by atoms with E-state index in [1.54, 1.807) is 18.3 Å². The third-order valence-electron chi connectivity index (χ3n) is 2.23. The minimum Gasteiger partial charge on any atom is -0.464 e. The summed E-state index contributed by atoms with van der Waals surface area (Å²) in [5, 5.41) is 6.64. The van der Waals surface area contributed by atoms with Gasteiger partial charge in [-0.05, 0) is 12.1 Å². The Morgan fingerprint density at radius 3 is 3.11 bits per heavy atom. The van der Waals surface area contributed by atoms with Crippen LogP contribution in [0.1, 0.15) is 16.4 Å². The van der Waals surface area contributed by atoms with Crippen molar-refractivity contribution < 1.29 is 14.1 Å². The van der Waals surface area contributed by atoms with Crippen LogP contribution in [0.4, 0.5) is 5.69 Å². The summed E-state index contributed by atoms with van der Waals surface area (Å²) in [4.78, 5) is 19.1. The summed E-state index contributed by atoms with van der Waals surface area (Å²) in [6.45, 7) is 0.618. The van der Waals surface area contributed by atoms with Gasteiger partial charge in [-0.15, -0.1) is 0 Å². The molecule has 0 radical (unpaired) electrons. The summed E-state index contributed by atoms with van der Waals surface area (Å²) >= 11 is 0. The van der Waals surface area contributed by atoms with Gasteiger partial charge >= 0.3 is 5.97 Å². The number of ether oxygens (including phenoxy) is 1. The monoisotopic (exact) mass is 248 g/mol. The van der Waals surface area contributed by atoms with E-state index in [2.05, 4.69) is 25.2 Å². The summed E-state index contributed by atoms with van der Waals surface area (Å²) in [6.07, 6.45) is 3.51. The molecule has 0 unspecified atom stereocenters. The van der Waals surface area contributed by atoms with Crippen molar-refractivity contribution in [2.24, 2.45) is 0 Å². The maximum atomic E-state index is 11.3. The first-order valence-corrected chi connectivity index (χ1v) is 5.33. The largest absolute Gasteiger partial charge is 0.464 e. The van der Waals surface area contributed by atoms with Crippen molar-refractivity contribution in [3.8, 4) is 0 Å². The second-order valence-electron chi connectivity index (χ2n) is 3.43.